The molecule has 0 atom stereocenters. The van der Waals surface area contributed by atoms with E-state index in [1.807, 2.05) is 23.6 Å². The molecule has 0 saturated heterocycles. The Labute approximate surface area is 134 Å². The lowest BCUT2D eigenvalue weighted by atomic mass is 10.1. The van der Waals surface area contributed by atoms with Gasteiger partial charge in [-0.3, -0.25) is 14.9 Å². The quantitative estimate of drug-likeness (QED) is 0.557. The molecule has 2 aromatic carbocycles. The number of benzene rings is 2. The summed E-state index contributed by atoms with van der Waals surface area (Å²) >= 11 is 7.45. The van der Waals surface area contributed by atoms with Gasteiger partial charge in [0.25, 0.3) is 11.6 Å². The van der Waals surface area contributed by atoms with Gasteiger partial charge < -0.3 is 5.32 Å². The van der Waals surface area contributed by atoms with Gasteiger partial charge >= 0.3 is 0 Å². The lowest BCUT2D eigenvalue weighted by Gasteiger charge is -2.08. The third-order valence-corrected chi connectivity index (χ3v) is 4.42. The maximum absolute atomic E-state index is 12.4. The van der Waals surface area contributed by atoms with Crippen LogP contribution >= 0.6 is 22.9 Å². The van der Waals surface area contributed by atoms with E-state index in [1.54, 1.807) is 6.07 Å². The van der Waals surface area contributed by atoms with Gasteiger partial charge in [-0.25, -0.2) is 0 Å². The van der Waals surface area contributed by atoms with Crippen LogP contribution in [0.15, 0.2) is 47.8 Å². The molecule has 0 spiro atoms. The largest absolute Gasteiger partial charge is 0.320 e. The number of fused-ring (bicyclic) bond motifs is 1. The Morgan fingerprint density at radius 1 is 1.18 bits per heavy atom. The van der Waals surface area contributed by atoms with E-state index in [4.69, 9.17) is 11.6 Å². The average Bonchev–Trinajstić information content (AvgIpc) is 2.96. The first-order chi connectivity index (χ1) is 10.6. The zero-order valence-corrected chi connectivity index (χ0v) is 12.6. The molecule has 0 fully saturated rings. The number of carbonyl (C=O) groups excluding carboxylic acids is 1. The van der Waals surface area contributed by atoms with Crippen LogP contribution in [0.1, 0.15) is 10.4 Å². The molecular weight excluding hydrogens is 324 g/mol. The van der Waals surface area contributed by atoms with Gasteiger partial charge in [-0.05, 0) is 29.0 Å². The average molecular weight is 333 g/mol. The van der Waals surface area contributed by atoms with E-state index >= 15 is 0 Å². The molecular formula is C15H9ClN2O3S. The minimum absolute atomic E-state index is 0.0463. The topological polar surface area (TPSA) is 72.2 Å². The molecule has 0 aliphatic rings. The summed E-state index contributed by atoms with van der Waals surface area (Å²) in [6, 6.07) is 11.6. The maximum Gasteiger partial charge on any atom is 0.283 e. The van der Waals surface area contributed by atoms with Crippen LogP contribution in [0.2, 0.25) is 5.02 Å². The summed E-state index contributed by atoms with van der Waals surface area (Å²) in [4.78, 5) is 22.9. The normalized spacial score (nSPS) is 10.6. The van der Waals surface area contributed by atoms with Gasteiger partial charge in [-0.2, -0.15) is 0 Å². The highest BCUT2D eigenvalue weighted by Gasteiger charge is 2.23. The van der Waals surface area contributed by atoms with Crippen LogP contribution in [0.3, 0.4) is 0 Å². The number of carbonyl (C=O) groups is 1. The number of amides is 1. The Hall–Kier alpha value is -2.44. The smallest absolute Gasteiger partial charge is 0.283 e. The summed E-state index contributed by atoms with van der Waals surface area (Å²) in [5.41, 5.74) is 0.151. The van der Waals surface area contributed by atoms with E-state index in [-0.39, 0.29) is 16.3 Å². The van der Waals surface area contributed by atoms with Gasteiger partial charge in [0.15, 0.2) is 0 Å². The maximum atomic E-state index is 12.4. The second-order valence-electron chi connectivity index (χ2n) is 4.49. The number of anilines is 1. The van der Waals surface area contributed by atoms with Gasteiger partial charge in [0.05, 0.1) is 20.3 Å². The van der Waals surface area contributed by atoms with Crippen LogP contribution in [0.4, 0.5) is 11.4 Å². The first-order valence-electron chi connectivity index (χ1n) is 6.28. The summed E-state index contributed by atoms with van der Waals surface area (Å²) < 4.78 is 0.908. The Morgan fingerprint density at radius 3 is 2.73 bits per heavy atom. The fourth-order valence-electron chi connectivity index (χ4n) is 2.17. The third-order valence-electron chi connectivity index (χ3n) is 3.14. The molecule has 0 aliphatic heterocycles. The number of nitrogens with one attached hydrogen (secondary N) is 1. The van der Waals surface area contributed by atoms with Crippen molar-refractivity contribution < 1.29 is 9.72 Å². The Balaban J connectivity index is 2.02. The number of rotatable bonds is 3. The molecule has 0 aliphatic carbocycles. The molecule has 0 bridgehead atoms. The van der Waals surface area contributed by atoms with Crippen LogP contribution in [0.5, 0.6) is 0 Å². The second kappa shape index (κ2) is 5.75. The summed E-state index contributed by atoms with van der Waals surface area (Å²) in [6.45, 7) is 0. The van der Waals surface area contributed by atoms with E-state index in [1.165, 1.54) is 29.5 Å². The molecule has 1 N–H and O–H groups in total. The summed E-state index contributed by atoms with van der Waals surface area (Å²) in [7, 11) is 0. The zero-order chi connectivity index (χ0) is 15.7. The van der Waals surface area contributed by atoms with Gasteiger partial charge in [0.1, 0.15) is 5.56 Å². The lowest BCUT2D eigenvalue weighted by Crippen LogP contribution is -2.14. The predicted molar refractivity (Wildman–Crippen MR) is 87.9 cm³/mol. The van der Waals surface area contributed by atoms with Crippen LogP contribution in [-0.4, -0.2) is 10.8 Å². The number of nitro benzene ring substituents is 1. The van der Waals surface area contributed by atoms with Crippen LogP contribution in [0, 0.1) is 10.1 Å². The summed E-state index contributed by atoms with van der Waals surface area (Å²) in [6.07, 6.45) is 0. The molecule has 7 heteroatoms. The molecule has 110 valence electrons. The highest BCUT2D eigenvalue weighted by Crippen LogP contribution is 2.31. The number of nitro groups is 1. The van der Waals surface area contributed by atoms with Gasteiger partial charge in [0.2, 0.25) is 0 Å². The predicted octanol–water partition coefficient (Wildman–Crippen LogP) is 4.72. The van der Waals surface area contributed by atoms with Crippen LogP contribution in [-0.2, 0) is 0 Å². The molecule has 0 radical (unpaired) electrons. The molecule has 0 unspecified atom stereocenters. The molecule has 1 heterocycles. The van der Waals surface area contributed by atoms with Crippen molar-refractivity contribution in [2.45, 2.75) is 0 Å². The van der Waals surface area contributed by atoms with Crippen molar-refractivity contribution in [2.75, 3.05) is 5.32 Å². The molecule has 22 heavy (non-hydrogen) atoms. The van der Waals surface area contributed by atoms with Crippen molar-refractivity contribution in [1.82, 2.24) is 0 Å². The van der Waals surface area contributed by atoms with E-state index in [0.29, 0.717) is 5.69 Å². The van der Waals surface area contributed by atoms with Crippen molar-refractivity contribution in [3.8, 4) is 0 Å². The Kier molecular flexibility index (Phi) is 3.79. The molecule has 3 rings (SSSR count). The SMILES string of the molecule is O=C(Nc1cccc2ccsc12)c1c(Cl)cccc1[N+](=O)[O-]. The first kappa shape index (κ1) is 14.5. The van der Waals surface area contributed by atoms with Gasteiger partial charge in [0, 0.05) is 6.07 Å². The fourth-order valence-corrected chi connectivity index (χ4v) is 3.29. The monoisotopic (exact) mass is 332 g/mol. The fraction of sp³-hybridized carbons (Fsp3) is 0. The summed E-state index contributed by atoms with van der Waals surface area (Å²) in [5.74, 6) is -0.599. The van der Waals surface area contributed by atoms with E-state index < -0.39 is 10.8 Å². The van der Waals surface area contributed by atoms with Crippen LogP contribution < -0.4 is 5.32 Å². The van der Waals surface area contributed by atoms with Crippen molar-refractivity contribution in [3.63, 3.8) is 0 Å². The molecule has 1 amide bonds. The van der Waals surface area contributed by atoms with Crippen molar-refractivity contribution >= 4 is 50.3 Å². The third kappa shape index (κ3) is 2.54. The second-order valence-corrected chi connectivity index (χ2v) is 5.81. The molecule has 3 aromatic rings. The number of hydrogen-bond acceptors (Lipinski definition) is 4. The number of nitrogens with zero attached hydrogens (tertiary/aromatic N) is 1. The standard InChI is InChI=1S/C15H9ClN2O3S/c16-10-4-2-6-12(18(20)21)13(10)15(19)17-11-5-1-3-9-7-8-22-14(9)11/h1-8H,(H,17,19). The molecule has 0 saturated carbocycles. The minimum atomic E-state index is -0.619. The van der Waals surface area contributed by atoms with E-state index in [9.17, 15) is 14.9 Å². The number of halogens is 1. The molecule has 1 aromatic heterocycles. The van der Waals surface area contributed by atoms with Gasteiger partial charge in [-0.15, -0.1) is 11.3 Å². The Morgan fingerprint density at radius 2 is 1.95 bits per heavy atom. The minimum Gasteiger partial charge on any atom is -0.320 e. The Bertz CT molecular complexity index is 891. The van der Waals surface area contributed by atoms with Crippen molar-refractivity contribution in [3.05, 3.63) is 68.5 Å². The van der Waals surface area contributed by atoms with E-state index in [2.05, 4.69) is 5.32 Å². The van der Waals surface area contributed by atoms with Crippen molar-refractivity contribution in [1.29, 1.82) is 0 Å². The van der Waals surface area contributed by atoms with Crippen molar-refractivity contribution in [2.24, 2.45) is 0 Å². The highest BCUT2D eigenvalue weighted by atomic mass is 35.5. The number of thiophene rings is 1. The first-order valence-corrected chi connectivity index (χ1v) is 7.54. The van der Waals surface area contributed by atoms with E-state index in [0.717, 1.165) is 10.1 Å². The van der Waals surface area contributed by atoms with Gasteiger partial charge in [-0.1, -0.05) is 29.8 Å². The highest BCUT2D eigenvalue weighted by molar-refractivity contribution is 7.17. The number of hydrogen-bond donors (Lipinski definition) is 1. The zero-order valence-electron chi connectivity index (χ0n) is 11.1. The summed E-state index contributed by atoms with van der Waals surface area (Å²) in [5, 5.41) is 16.7. The lowest BCUT2D eigenvalue weighted by molar-refractivity contribution is -0.385. The van der Waals surface area contributed by atoms with Crippen LogP contribution in [0.25, 0.3) is 10.1 Å². The molecule has 5 nitrogen and oxygen atoms in total.